The van der Waals surface area contributed by atoms with Crippen LogP contribution in [-0.2, 0) is 4.74 Å². The number of benzene rings is 3. The second-order valence-corrected chi connectivity index (χ2v) is 7.29. The minimum Gasteiger partial charge on any atom is -0.493 e. The maximum atomic E-state index is 5.85. The van der Waals surface area contributed by atoms with Gasteiger partial charge < -0.3 is 14.2 Å². The first kappa shape index (κ1) is 20.9. The Morgan fingerprint density at radius 3 is 1.45 bits per heavy atom. The zero-order valence-corrected chi connectivity index (χ0v) is 17.6. The first-order valence-electron chi connectivity index (χ1n) is 10.2. The Hall–Kier alpha value is -2.78. The van der Waals surface area contributed by atoms with Crippen molar-refractivity contribution >= 4 is 0 Å². The van der Waals surface area contributed by atoms with Gasteiger partial charge in [-0.3, -0.25) is 0 Å². The summed E-state index contributed by atoms with van der Waals surface area (Å²) in [6.07, 6.45) is 1.13. The van der Waals surface area contributed by atoms with E-state index in [0.717, 1.165) is 24.5 Å². The molecule has 0 amide bonds. The molecule has 0 radical (unpaired) electrons. The van der Waals surface area contributed by atoms with Gasteiger partial charge in [0.2, 0.25) is 0 Å². The lowest BCUT2D eigenvalue weighted by Gasteiger charge is -2.11. The highest BCUT2D eigenvalue weighted by molar-refractivity contribution is 5.71. The van der Waals surface area contributed by atoms with Crippen LogP contribution in [0.2, 0.25) is 0 Å². The summed E-state index contributed by atoms with van der Waals surface area (Å²) >= 11 is 0. The molecule has 0 bridgehead atoms. The van der Waals surface area contributed by atoms with Gasteiger partial charge >= 0.3 is 0 Å². The minimum absolute atomic E-state index is 0.562. The molecule has 1 unspecified atom stereocenters. The van der Waals surface area contributed by atoms with Crippen LogP contribution in [0.25, 0.3) is 22.3 Å². The summed E-state index contributed by atoms with van der Waals surface area (Å²) in [5, 5.41) is 0. The second-order valence-electron chi connectivity index (χ2n) is 7.29. The Morgan fingerprint density at radius 1 is 0.621 bits per heavy atom. The molecule has 29 heavy (non-hydrogen) atoms. The van der Waals surface area contributed by atoms with E-state index in [4.69, 9.17) is 14.2 Å². The average Bonchev–Trinajstić information content (AvgIpc) is 2.78. The Balaban J connectivity index is 1.62. The highest BCUT2D eigenvalue weighted by Crippen LogP contribution is 2.27. The fraction of sp³-hybridized carbons (Fsp3) is 0.308. The molecule has 0 aliphatic carbocycles. The maximum absolute atomic E-state index is 5.85. The molecule has 0 saturated heterocycles. The number of hydrogen-bond acceptors (Lipinski definition) is 3. The third-order valence-corrected chi connectivity index (χ3v) is 5.05. The normalized spacial score (nSPS) is 11.8. The van der Waals surface area contributed by atoms with Crippen LogP contribution < -0.4 is 9.47 Å². The van der Waals surface area contributed by atoms with Crippen molar-refractivity contribution < 1.29 is 14.2 Å². The van der Waals surface area contributed by atoms with Gasteiger partial charge in [-0.1, -0.05) is 68.8 Å². The Bertz CT molecular complexity index is 852. The molecule has 0 spiro atoms. The van der Waals surface area contributed by atoms with Crippen molar-refractivity contribution in [2.24, 2.45) is 5.92 Å². The standard InChI is InChI=1S/C26H30O3/c1-4-20(2)19-29-26-15-11-24(12-16-26)22-7-5-21(6-8-22)23-9-13-25(14-10-23)28-18-17-27-3/h5-16,20H,4,17-19H2,1-3H3. The van der Waals surface area contributed by atoms with Crippen molar-refractivity contribution in [3.63, 3.8) is 0 Å². The highest BCUT2D eigenvalue weighted by Gasteiger charge is 2.04. The summed E-state index contributed by atoms with van der Waals surface area (Å²) in [5.41, 5.74) is 4.74. The highest BCUT2D eigenvalue weighted by atomic mass is 16.5. The molecule has 0 aromatic heterocycles. The van der Waals surface area contributed by atoms with E-state index in [9.17, 15) is 0 Å². The van der Waals surface area contributed by atoms with Crippen molar-refractivity contribution in [2.45, 2.75) is 20.3 Å². The van der Waals surface area contributed by atoms with Crippen LogP contribution >= 0.6 is 0 Å². The van der Waals surface area contributed by atoms with Gasteiger partial charge in [0.1, 0.15) is 18.1 Å². The average molecular weight is 391 g/mol. The molecule has 0 aliphatic rings. The van der Waals surface area contributed by atoms with E-state index in [0.29, 0.717) is 19.1 Å². The van der Waals surface area contributed by atoms with Gasteiger partial charge in [-0.25, -0.2) is 0 Å². The lowest BCUT2D eigenvalue weighted by molar-refractivity contribution is 0.146. The van der Waals surface area contributed by atoms with Gasteiger partial charge in [-0.2, -0.15) is 0 Å². The van der Waals surface area contributed by atoms with E-state index in [1.165, 1.54) is 22.3 Å². The van der Waals surface area contributed by atoms with E-state index < -0.39 is 0 Å². The SMILES string of the molecule is CCC(C)COc1ccc(-c2ccc(-c3ccc(OCCOC)cc3)cc2)cc1. The van der Waals surface area contributed by atoms with Crippen LogP contribution in [0.15, 0.2) is 72.8 Å². The van der Waals surface area contributed by atoms with Gasteiger partial charge in [-0.05, 0) is 52.4 Å². The first-order chi connectivity index (χ1) is 14.2. The molecular formula is C26H30O3. The van der Waals surface area contributed by atoms with E-state index in [1.54, 1.807) is 7.11 Å². The molecule has 0 N–H and O–H groups in total. The summed E-state index contributed by atoms with van der Waals surface area (Å²) in [7, 11) is 1.67. The van der Waals surface area contributed by atoms with E-state index in [-0.39, 0.29) is 0 Å². The van der Waals surface area contributed by atoms with Gasteiger partial charge in [0, 0.05) is 7.11 Å². The van der Waals surface area contributed by atoms with E-state index in [1.807, 2.05) is 24.3 Å². The van der Waals surface area contributed by atoms with Crippen LogP contribution in [0, 0.1) is 5.92 Å². The Kier molecular flexibility index (Phi) is 7.71. The Morgan fingerprint density at radius 2 is 1.03 bits per heavy atom. The monoisotopic (exact) mass is 390 g/mol. The molecule has 3 aromatic carbocycles. The lowest BCUT2D eigenvalue weighted by atomic mass is 10.0. The molecule has 3 nitrogen and oxygen atoms in total. The second kappa shape index (κ2) is 10.7. The lowest BCUT2D eigenvalue weighted by Crippen LogP contribution is -2.06. The van der Waals surface area contributed by atoms with Crippen molar-refractivity contribution in [3.8, 4) is 33.8 Å². The largest absolute Gasteiger partial charge is 0.493 e. The number of hydrogen-bond donors (Lipinski definition) is 0. The summed E-state index contributed by atoms with van der Waals surface area (Å²) in [4.78, 5) is 0. The molecule has 3 rings (SSSR count). The van der Waals surface area contributed by atoms with Crippen molar-refractivity contribution in [3.05, 3.63) is 72.8 Å². The zero-order chi connectivity index (χ0) is 20.5. The molecule has 0 fully saturated rings. The topological polar surface area (TPSA) is 27.7 Å². The van der Waals surface area contributed by atoms with Crippen LogP contribution in [0.5, 0.6) is 11.5 Å². The molecule has 0 heterocycles. The third-order valence-electron chi connectivity index (χ3n) is 5.05. The van der Waals surface area contributed by atoms with Gasteiger partial charge in [0.05, 0.1) is 13.2 Å². The van der Waals surface area contributed by atoms with Crippen LogP contribution in [0.3, 0.4) is 0 Å². The molecule has 3 heteroatoms. The molecule has 152 valence electrons. The van der Waals surface area contributed by atoms with Crippen molar-refractivity contribution in [1.82, 2.24) is 0 Å². The number of rotatable bonds is 10. The van der Waals surface area contributed by atoms with Crippen molar-refractivity contribution in [1.29, 1.82) is 0 Å². The minimum atomic E-state index is 0.562. The summed E-state index contributed by atoms with van der Waals surface area (Å²) in [5.74, 6) is 2.37. The Labute approximate surface area is 174 Å². The quantitative estimate of drug-likeness (QED) is 0.371. The predicted octanol–water partition coefficient (Wildman–Crippen LogP) is 6.47. The van der Waals surface area contributed by atoms with Gasteiger partial charge in [-0.15, -0.1) is 0 Å². The predicted molar refractivity (Wildman–Crippen MR) is 120 cm³/mol. The number of methoxy groups -OCH3 is 1. The van der Waals surface area contributed by atoms with E-state index >= 15 is 0 Å². The maximum Gasteiger partial charge on any atom is 0.119 e. The van der Waals surface area contributed by atoms with Crippen LogP contribution in [0.4, 0.5) is 0 Å². The smallest absolute Gasteiger partial charge is 0.119 e. The molecular weight excluding hydrogens is 360 g/mol. The molecule has 0 saturated carbocycles. The van der Waals surface area contributed by atoms with Crippen LogP contribution in [-0.4, -0.2) is 26.9 Å². The first-order valence-corrected chi connectivity index (χ1v) is 10.2. The zero-order valence-electron chi connectivity index (χ0n) is 17.6. The summed E-state index contributed by atoms with van der Waals surface area (Å²) in [6.45, 7) is 6.31. The van der Waals surface area contributed by atoms with Crippen molar-refractivity contribution in [2.75, 3.05) is 26.9 Å². The van der Waals surface area contributed by atoms with Gasteiger partial charge in [0.15, 0.2) is 0 Å². The summed E-state index contributed by atoms with van der Waals surface area (Å²) in [6, 6.07) is 25.1. The third kappa shape index (κ3) is 6.10. The molecule has 3 aromatic rings. The summed E-state index contributed by atoms with van der Waals surface area (Å²) < 4.78 is 16.5. The fourth-order valence-electron chi connectivity index (χ4n) is 2.94. The number of ether oxygens (including phenoxy) is 3. The molecule has 1 atom stereocenters. The molecule has 0 aliphatic heterocycles. The van der Waals surface area contributed by atoms with E-state index in [2.05, 4.69) is 62.4 Å². The fourth-order valence-corrected chi connectivity index (χ4v) is 2.94. The van der Waals surface area contributed by atoms with Gasteiger partial charge in [0.25, 0.3) is 0 Å². The van der Waals surface area contributed by atoms with Crippen LogP contribution in [0.1, 0.15) is 20.3 Å².